The Kier molecular flexibility index (Phi) is 5.53. The molecule has 6 heteroatoms. The molecular weight excluding hydrogens is 433 g/mol. The van der Waals surface area contributed by atoms with E-state index in [1.165, 1.54) is 12.1 Å². The molecule has 5 nitrogen and oxygen atoms in total. The molecule has 2 saturated heterocycles. The van der Waals surface area contributed by atoms with Crippen molar-refractivity contribution in [2.45, 2.75) is 44.5 Å². The number of rotatable bonds is 3. The first kappa shape index (κ1) is 21.9. The van der Waals surface area contributed by atoms with Crippen LogP contribution in [0.4, 0.5) is 4.39 Å². The van der Waals surface area contributed by atoms with Crippen molar-refractivity contribution in [3.63, 3.8) is 0 Å². The molecule has 1 aromatic carbocycles. The second kappa shape index (κ2) is 8.58. The maximum absolute atomic E-state index is 13.6. The van der Waals surface area contributed by atoms with Crippen LogP contribution in [0.3, 0.4) is 0 Å². The molecule has 0 bridgehead atoms. The number of allylic oxidation sites excluding steroid dienone is 1. The van der Waals surface area contributed by atoms with Crippen molar-refractivity contribution < 1.29 is 23.4 Å². The molecule has 3 heterocycles. The fraction of sp³-hybridized carbons (Fsp3) is 0.500. The normalized spacial score (nSPS) is 34.2. The number of cyclic esters (lactones) is 1. The summed E-state index contributed by atoms with van der Waals surface area (Å²) in [5.41, 5.74) is 2.54. The van der Waals surface area contributed by atoms with Gasteiger partial charge in [-0.3, -0.25) is 9.78 Å². The quantitative estimate of drug-likeness (QED) is 0.582. The van der Waals surface area contributed by atoms with Gasteiger partial charge in [0.25, 0.3) is 0 Å². The van der Waals surface area contributed by atoms with E-state index in [4.69, 9.17) is 14.2 Å². The molecule has 4 aliphatic rings. The Morgan fingerprint density at radius 1 is 1.15 bits per heavy atom. The summed E-state index contributed by atoms with van der Waals surface area (Å²) in [4.78, 5) is 17.3. The predicted molar refractivity (Wildman–Crippen MR) is 125 cm³/mol. The number of ether oxygens (including phenoxy) is 3. The minimum atomic E-state index is -0.454. The van der Waals surface area contributed by atoms with E-state index in [-0.39, 0.29) is 35.6 Å². The van der Waals surface area contributed by atoms with Gasteiger partial charge in [0.2, 0.25) is 0 Å². The Morgan fingerprint density at radius 2 is 2.00 bits per heavy atom. The highest BCUT2D eigenvalue weighted by atomic mass is 19.1. The molecule has 0 amide bonds. The summed E-state index contributed by atoms with van der Waals surface area (Å²) >= 11 is 0. The van der Waals surface area contributed by atoms with Crippen molar-refractivity contribution in [3.8, 4) is 11.1 Å². The van der Waals surface area contributed by atoms with Crippen LogP contribution in [-0.4, -0.2) is 36.1 Å². The highest BCUT2D eigenvalue weighted by molar-refractivity contribution is 5.75. The smallest absolute Gasteiger partial charge is 0.309 e. The molecule has 2 saturated carbocycles. The van der Waals surface area contributed by atoms with Crippen molar-refractivity contribution in [1.29, 1.82) is 0 Å². The maximum atomic E-state index is 13.6. The van der Waals surface area contributed by atoms with Gasteiger partial charge in [-0.25, -0.2) is 4.39 Å². The first-order chi connectivity index (χ1) is 16.5. The molecule has 1 aromatic heterocycles. The number of carbonyl (C=O) groups is 1. The lowest BCUT2D eigenvalue weighted by Gasteiger charge is -2.49. The summed E-state index contributed by atoms with van der Waals surface area (Å²) < 4.78 is 31.3. The highest BCUT2D eigenvalue weighted by Crippen LogP contribution is 2.56. The van der Waals surface area contributed by atoms with Gasteiger partial charge in [-0.2, -0.15) is 0 Å². The number of esters is 1. The van der Waals surface area contributed by atoms with Gasteiger partial charge in [-0.05, 0) is 67.4 Å². The number of nitrogens with zero attached hydrogens (tertiary/aromatic N) is 1. The lowest BCUT2D eigenvalue weighted by molar-refractivity contribution is -0.204. The van der Waals surface area contributed by atoms with E-state index in [1.54, 1.807) is 12.3 Å². The third-order valence-electron chi connectivity index (χ3n) is 8.39. The minimum absolute atomic E-state index is 0.0557. The molecule has 3 unspecified atom stereocenters. The SMILES string of the molecule is C[C@H]1OC(=O)C2C[C@@H]3CC4(CCC3C(/C=C/c3ccc(-c5cccc(F)c5)cn3)[C@@H]21)OCCO4. The lowest BCUT2D eigenvalue weighted by Crippen LogP contribution is -2.49. The number of pyridine rings is 1. The number of fused-ring (bicyclic) bond motifs is 2. The van der Waals surface area contributed by atoms with Crippen molar-refractivity contribution in [2.24, 2.45) is 29.6 Å². The van der Waals surface area contributed by atoms with Crippen molar-refractivity contribution in [2.75, 3.05) is 13.2 Å². The number of halogens is 1. The standard InChI is InChI=1S/C28H30FNO4/c1-17-26-24(8-7-22-6-5-19(16-30-22)18-3-2-4-21(29)13-18)23-9-10-28(32-11-12-33-28)15-20(23)14-25(26)27(31)34-17/h2-8,13,16-17,20,23-26H,9-12,14-15H2,1H3/b8-7+/t17-,20-,23?,24?,25?,26+/m1/s1. The lowest BCUT2D eigenvalue weighted by atomic mass is 9.56. The summed E-state index contributed by atoms with van der Waals surface area (Å²) in [7, 11) is 0. The van der Waals surface area contributed by atoms with E-state index in [9.17, 15) is 9.18 Å². The summed E-state index contributed by atoms with van der Waals surface area (Å²) in [6.07, 6.45) is 9.67. The average Bonchev–Trinajstić information content (AvgIpc) is 3.40. The van der Waals surface area contributed by atoms with Crippen LogP contribution in [0.15, 0.2) is 48.7 Å². The topological polar surface area (TPSA) is 57.7 Å². The van der Waals surface area contributed by atoms with E-state index >= 15 is 0 Å². The minimum Gasteiger partial charge on any atom is -0.462 e. The molecule has 178 valence electrons. The van der Waals surface area contributed by atoms with Gasteiger partial charge in [-0.1, -0.05) is 24.3 Å². The zero-order valence-electron chi connectivity index (χ0n) is 19.4. The molecule has 2 aliphatic heterocycles. The molecule has 2 aliphatic carbocycles. The number of carbonyl (C=O) groups excluding carboxylic acids is 1. The molecule has 34 heavy (non-hydrogen) atoms. The molecule has 6 rings (SSSR count). The maximum Gasteiger partial charge on any atom is 0.309 e. The number of hydrogen-bond acceptors (Lipinski definition) is 5. The first-order valence-electron chi connectivity index (χ1n) is 12.4. The summed E-state index contributed by atoms with van der Waals surface area (Å²) in [6, 6.07) is 10.5. The van der Waals surface area contributed by atoms with Crippen LogP contribution in [0.2, 0.25) is 0 Å². The average molecular weight is 464 g/mol. The molecular formula is C28H30FNO4. The van der Waals surface area contributed by atoms with Crippen molar-refractivity contribution in [1.82, 2.24) is 4.98 Å². The predicted octanol–water partition coefficient (Wildman–Crippen LogP) is 5.26. The van der Waals surface area contributed by atoms with Crippen LogP contribution in [0.1, 0.15) is 38.3 Å². The van der Waals surface area contributed by atoms with Crippen LogP contribution in [0, 0.1) is 35.4 Å². The zero-order valence-corrected chi connectivity index (χ0v) is 19.4. The number of benzene rings is 1. The van der Waals surface area contributed by atoms with Gasteiger partial charge in [0.1, 0.15) is 11.9 Å². The van der Waals surface area contributed by atoms with E-state index < -0.39 is 5.79 Å². The highest BCUT2D eigenvalue weighted by Gasteiger charge is 2.57. The van der Waals surface area contributed by atoms with Crippen LogP contribution in [0.5, 0.6) is 0 Å². The second-order valence-electron chi connectivity index (χ2n) is 10.3. The van der Waals surface area contributed by atoms with Crippen molar-refractivity contribution in [3.05, 3.63) is 60.2 Å². The Hall–Kier alpha value is -2.57. The Morgan fingerprint density at radius 3 is 2.76 bits per heavy atom. The Balaban J connectivity index is 1.25. The second-order valence-corrected chi connectivity index (χ2v) is 10.3. The first-order valence-corrected chi connectivity index (χ1v) is 12.4. The number of hydrogen-bond donors (Lipinski definition) is 0. The number of aromatic nitrogens is 1. The van der Waals surface area contributed by atoms with Gasteiger partial charge in [-0.15, -0.1) is 0 Å². The molecule has 1 spiro atoms. The molecule has 2 aromatic rings. The molecule has 4 fully saturated rings. The van der Waals surface area contributed by atoms with Gasteiger partial charge in [0.15, 0.2) is 5.79 Å². The fourth-order valence-corrected chi connectivity index (χ4v) is 6.90. The van der Waals surface area contributed by atoms with Gasteiger partial charge in [0.05, 0.1) is 24.8 Å². The van der Waals surface area contributed by atoms with Gasteiger partial charge < -0.3 is 14.2 Å². The van der Waals surface area contributed by atoms with Crippen LogP contribution in [0.25, 0.3) is 17.2 Å². The summed E-state index contributed by atoms with van der Waals surface area (Å²) in [5.74, 6) is 0.455. The van der Waals surface area contributed by atoms with Crippen LogP contribution >= 0.6 is 0 Å². The van der Waals surface area contributed by atoms with E-state index in [0.29, 0.717) is 25.0 Å². The third-order valence-corrected chi connectivity index (χ3v) is 8.39. The largest absolute Gasteiger partial charge is 0.462 e. The van der Waals surface area contributed by atoms with Crippen LogP contribution < -0.4 is 0 Å². The monoisotopic (exact) mass is 463 g/mol. The molecule has 0 N–H and O–H groups in total. The van der Waals surface area contributed by atoms with E-state index in [1.807, 2.05) is 25.1 Å². The van der Waals surface area contributed by atoms with E-state index in [2.05, 4.69) is 17.1 Å². The van der Waals surface area contributed by atoms with Crippen LogP contribution in [-0.2, 0) is 19.0 Å². The van der Waals surface area contributed by atoms with Gasteiger partial charge >= 0.3 is 5.97 Å². The summed E-state index contributed by atoms with van der Waals surface area (Å²) in [6.45, 7) is 3.34. The van der Waals surface area contributed by atoms with E-state index in [0.717, 1.165) is 42.5 Å². The molecule has 0 radical (unpaired) electrons. The summed E-state index contributed by atoms with van der Waals surface area (Å²) in [5, 5.41) is 0. The molecule has 6 atom stereocenters. The van der Waals surface area contributed by atoms with Crippen molar-refractivity contribution >= 4 is 12.0 Å². The third kappa shape index (κ3) is 3.87. The fourth-order valence-electron chi connectivity index (χ4n) is 6.90. The van der Waals surface area contributed by atoms with Gasteiger partial charge in [0, 0.05) is 30.5 Å². The Labute approximate surface area is 199 Å². The zero-order chi connectivity index (χ0) is 23.3. The Bertz CT molecular complexity index is 1090.